The Labute approximate surface area is 125 Å². The Morgan fingerprint density at radius 3 is 2.24 bits per heavy atom. The average Bonchev–Trinajstić information content (AvgIpc) is 2.56. The van der Waals surface area contributed by atoms with E-state index in [-0.39, 0.29) is 18.5 Å². The fraction of sp³-hybridized carbons (Fsp3) is 0.235. The normalized spacial score (nSPS) is 11.7. The van der Waals surface area contributed by atoms with Crippen LogP contribution in [0.15, 0.2) is 54.6 Å². The molecule has 0 aliphatic carbocycles. The number of amides is 1. The first-order valence-electron chi connectivity index (χ1n) is 6.87. The lowest BCUT2D eigenvalue weighted by Crippen LogP contribution is -2.34. The Kier molecular flexibility index (Phi) is 5.35. The van der Waals surface area contributed by atoms with Crippen molar-refractivity contribution in [2.75, 3.05) is 20.7 Å². The highest BCUT2D eigenvalue weighted by molar-refractivity contribution is 5.77. The van der Waals surface area contributed by atoms with Crippen molar-refractivity contribution in [3.63, 3.8) is 0 Å². The van der Waals surface area contributed by atoms with Gasteiger partial charge < -0.3 is 10.1 Å². The van der Waals surface area contributed by atoms with Crippen molar-refractivity contribution in [3.05, 3.63) is 65.7 Å². The van der Waals surface area contributed by atoms with Gasteiger partial charge in [-0.15, -0.1) is 0 Å². The smallest absolute Gasteiger partial charge is 0.233 e. The van der Waals surface area contributed by atoms with Crippen molar-refractivity contribution >= 4 is 5.91 Å². The highest BCUT2D eigenvalue weighted by Gasteiger charge is 2.14. The number of benzene rings is 2. The fourth-order valence-electron chi connectivity index (χ4n) is 2.15. The molecule has 0 heterocycles. The summed E-state index contributed by atoms with van der Waals surface area (Å²) < 4.78 is 5.19. The van der Waals surface area contributed by atoms with Crippen LogP contribution in [0.1, 0.15) is 17.2 Å². The van der Waals surface area contributed by atoms with Crippen molar-refractivity contribution in [2.24, 2.45) is 0 Å². The predicted octanol–water partition coefficient (Wildman–Crippen LogP) is 2.12. The van der Waals surface area contributed by atoms with Crippen LogP contribution < -0.4 is 15.4 Å². The highest BCUT2D eigenvalue weighted by Crippen LogP contribution is 2.23. The molecule has 0 spiro atoms. The zero-order chi connectivity index (χ0) is 15.1. The van der Waals surface area contributed by atoms with Gasteiger partial charge in [0, 0.05) is 7.05 Å². The van der Waals surface area contributed by atoms with Gasteiger partial charge in [-0.3, -0.25) is 10.1 Å². The molecule has 0 aliphatic rings. The molecule has 4 nitrogen and oxygen atoms in total. The number of likely N-dealkylation sites (N-methyl/N-ethyl adjacent to an activating group) is 1. The molecule has 4 heteroatoms. The third kappa shape index (κ3) is 4.07. The Morgan fingerprint density at radius 1 is 1.05 bits per heavy atom. The van der Waals surface area contributed by atoms with E-state index in [2.05, 4.69) is 10.6 Å². The zero-order valence-corrected chi connectivity index (χ0v) is 12.3. The molecule has 0 saturated carbocycles. The Bertz CT molecular complexity index is 567. The Hall–Kier alpha value is -2.33. The predicted molar refractivity (Wildman–Crippen MR) is 83.3 cm³/mol. The molecule has 110 valence electrons. The van der Waals surface area contributed by atoms with Crippen molar-refractivity contribution in [3.8, 4) is 5.75 Å². The maximum Gasteiger partial charge on any atom is 0.233 e. The van der Waals surface area contributed by atoms with E-state index in [9.17, 15) is 4.79 Å². The first-order valence-corrected chi connectivity index (χ1v) is 6.87. The molecule has 21 heavy (non-hydrogen) atoms. The molecule has 1 amide bonds. The van der Waals surface area contributed by atoms with E-state index in [4.69, 9.17) is 4.74 Å². The molecular weight excluding hydrogens is 264 g/mol. The molecule has 0 radical (unpaired) electrons. The molecule has 0 aliphatic heterocycles. The van der Waals surface area contributed by atoms with Crippen molar-refractivity contribution in [2.45, 2.75) is 6.04 Å². The second-order valence-electron chi connectivity index (χ2n) is 4.67. The largest absolute Gasteiger partial charge is 0.497 e. The van der Waals surface area contributed by atoms with Gasteiger partial charge in [0.25, 0.3) is 0 Å². The minimum absolute atomic E-state index is 0.0330. The van der Waals surface area contributed by atoms with Crippen molar-refractivity contribution in [1.29, 1.82) is 0 Å². The molecule has 0 fully saturated rings. The number of carbonyl (C=O) groups excluding carboxylic acids is 1. The number of hydrogen-bond donors (Lipinski definition) is 2. The van der Waals surface area contributed by atoms with Crippen molar-refractivity contribution in [1.82, 2.24) is 10.6 Å². The average molecular weight is 284 g/mol. The molecule has 0 aromatic heterocycles. The molecule has 2 aromatic rings. The van der Waals surface area contributed by atoms with Gasteiger partial charge in [-0.25, -0.2) is 0 Å². The topological polar surface area (TPSA) is 50.4 Å². The fourth-order valence-corrected chi connectivity index (χ4v) is 2.15. The Morgan fingerprint density at radius 2 is 1.67 bits per heavy atom. The van der Waals surface area contributed by atoms with Gasteiger partial charge in [-0.1, -0.05) is 42.5 Å². The number of rotatable bonds is 6. The second-order valence-corrected chi connectivity index (χ2v) is 4.67. The number of methoxy groups -OCH3 is 1. The van der Waals surface area contributed by atoms with E-state index in [1.54, 1.807) is 14.2 Å². The SMILES string of the molecule is CNC(=O)CNC(c1ccccc1)c1ccc(OC)cc1. The summed E-state index contributed by atoms with van der Waals surface area (Å²) in [6.45, 7) is 0.266. The van der Waals surface area contributed by atoms with E-state index in [0.717, 1.165) is 16.9 Å². The molecule has 2 N–H and O–H groups in total. The van der Waals surface area contributed by atoms with Gasteiger partial charge in [0.15, 0.2) is 0 Å². The number of hydrogen-bond acceptors (Lipinski definition) is 3. The molecule has 1 unspecified atom stereocenters. The van der Waals surface area contributed by atoms with Crippen LogP contribution in [-0.4, -0.2) is 26.6 Å². The maximum atomic E-state index is 11.5. The van der Waals surface area contributed by atoms with Gasteiger partial charge in [-0.05, 0) is 23.3 Å². The summed E-state index contributed by atoms with van der Waals surface area (Å²) in [7, 11) is 3.28. The summed E-state index contributed by atoms with van der Waals surface area (Å²) in [6, 6.07) is 17.9. The standard InChI is InChI=1S/C17H20N2O2/c1-18-16(20)12-19-17(13-6-4-3-5-7-13)14-8-10-15(21-2)11-9-14/h3-11,17,19H,12H2,1-2H3,(H,18,20). The highest BCUT2D eigenvalue weighted by atomic mass is 16.5. The van der Waals surface area contributed by atoms with Crippen LogP contribution in [-0.2, 0) is 4.79 Å². The van der Waals surface area contributed by atoms with E-state index < -0.39 is 0 Å². The van der Waals surface area contributed by atoms with Gasteiger partial charge in [-0.2, -0.15) is 0 Å². The maximum absolute atomic E-state index is 11.5. The van der Waals surface area contributed by atoms with Gasteiger partial charge in [0.2, 0.25) is 5.91 Å². The van der Waals surface area contributed by atoms with E-state index >= 15 is 0 Å². The van der Waals surface area contributed by atoms with E-state index in [1.165, 1.54) is 0 Å². The minimum Gasteiger partial charge on any atom is -0.497 e. The van der Waals surface area contributed by atoms with Crippen LogP contribution >= 0.6 is 0 Å². The Balaban J connectivity index is 2.24. The third-order valence-electron chi connectivity index (χ3n) is 3.33. The van der Waals surface area contributed by atoms with Crippen LogP contribution in [0.25, 0.3) is 0 Å². The zero-order valence-electron chi connectivity index (χ0n) is 12.3. The quantitative estimate of drug-likeness (QED) is 0.854. The summed E-state index contributed by atoms with van der Waals surface area (Å²) >= 11 is 0. The first kappa shape index (κ1) is 15.1. The van der Waals surface area contributed by atoms with Crippen LogP contribution in [0.4, 0.5) is 0 Å². The van der Waals surface area contributed by atoms with Crippen LogP contribution in [0.5, 0.6) is 5.75 Å². The van der Waals surface area contributed by atoms with Gasteiger partial charge >= 0.3 is 0 Å². The lowest BCUT2D eigenvalue weighted by molar-refractivity contribution is -0.119. The lowest BCUT2D eigenvalue weighted by atomic mass is 9.98. The summed E-state index contributed by atoms with van der Waals surface area (Å²) in [5.74, 6) is 0.779. The molecule has 0 bridgehead atoms. The summed E-state index contributed by atoms with van der Waals surface area (Å²) in [4.78, 5) is 11.5. The monoisotopic (exact) mass is 284 g/mol. The van der Waals surface area contributed by atoms with Crippen LogP contribution in [0, 0.1) is 0 Å². The van der Waals surface area contributed by atoms with Crippen molar-refractivity contribution < 1.29 is 9.53 Å². The van der Waals surface area contributed by atoms with E-state index in [1.807, 2.05) is 54.6 Å². The lowest BCUT2D eigenvalue weighted by Gasteiger charge is -2.19. The molecule has 2 aromatic carbocycles. The van der Waals surface area contributed by atoms with Crippen LogP contribution in [0.3, 0.4) is 0 Å². The van der Waals surface area contributed by atoms with E-state index in [0.29, 0.717) is 0 Å². The molecule has 2 rings (SSSR count). The van der Waals surface area contributed by atoms with Gasteiger partial charge in [0.1, 0.15) is 5.75 Å². The first-order chi connectivity index (χ1) is 10.2. The molecular formula is C17H20N2O2. The second kappa shape index (κ2) is 7.45. The number of carbonyl (C=O) groups is 1. The third-order valence-corrected chi connectivity index (χ3v) is 3.33. The summed E-state index contributed by atoms with van der Waals surface area (Å²) in [6.07, 6.45) is 0. The number of nitrogens with one attached hydrogen (secondary N) is 2. The van der Waals surface area contributed by atoms with Crippen LogP contribution in [0.2, 0.25) is 0 Å². The molecule has 1 atom stereocenters. The summed E-state index contributed by atoms with van der Waals surface area (Å²) in [5.41, 5.74) is 2.21. The minimum atomic E-state index is -0.0376. The number of ether oxygens (including phenoxy) is 1. The molecule has 0 saturated heterocycles. The van der Waals surface area contributed by atoms with Gasteiger partial charge in [0.05, 0.1) is 19.7 Å². The summed E-state index contributed by atoms with van der Waals surface area (Å²) in [5, 5.41) is 5.91.